The lowest BCUT2D eigenvalue weighted by Crippen LogP contribution is -2.14. The minimum atomic E-state index is -0.139. The van der Waals surface area contributed by atoms with E-state index in [9.17, 15) is 4.79 Å². The molecule has 0 saturated carbocycles. The Hall–Kier alpha value is -2.52. The van der Waals surface area contributed by atoms with Gasteiger partial charge in [-0.3, -0.25) is 4.79 Å². The number of rotatable bonds is 9. The maximum atomic E-state index is 12.3. The summed E-state index contributed by atoms with van der Waals surface area (Å²) in [6, 6.07) is 5.81. The standard InChI is InChI=1S/C20H24N4O3S2/c1-12(2)7-19-23-24-20(29-19)22-17(25)10-14-11-28-18(21-14)9-13-5-6-15(26-3)16(8-13)27-4/h5-6,8,11-12H,7,9-10H2,1-4H3,(H,22,24,25). The summed E-state index contributed by atoms with van der Waals surface area (Å²) in [5, 5.41) is 15.3. The molecule has 0 atom stereocenters. The Balaban J connectivity index is 1.57. The van der Waals surface area contributed by atoms with Gasteiger partial charge in [-0.05, 0) is 23.6 Å². The molecule has 9 heteroatoms. The zero-order chi connectivity index (χ0) is 20.8. The van der Waals surface area contributed by atoms with Crippen molar-refractivity contribution in [2.24, 2.45) is 5.92 Å². The fraction of sp³-hybridized carbons (Fsp3) is 0.400. The van der Waals surface area contributed by atoms with Gasteiger partial charge in [-0.2, -0.15) is 0 Å². The summed E-state index contributed by atoms with van der Waals surface area (Å²) >= 11 is 2.96. The van der Waals surface area contributed by atoms with Gasteiger partial charge >= 0.3 is 0 Å². The minimum absolute atomic E-state index is 0.139. The first-order valence-electron chi connectivity index (χ1n) is 9.23. The van der Waals surface area contributed by atoms with Crippen molar-refractivity contribution in [2.75, 3.05) is 19.5 Å². The van der Waals surface area contributed by atoms with Crippen LogP contribution in [0.2, 0.25) is 0 Å². The van der Waals surface area contributed by atoms with Gasteiger partial charge in [0, 0.05) is 18.2 Å². The first-order chi connectivity index (χ1) is 14.0. The second kappa shape index (κ2) is 9.80. The molecule has 29 heavy (non-hydrogen) atoms. The van der Waals surface area contributed by atoms with Crippen LogP contribution in [0, 0.1) is 5.92 Å². The van der Waals surface area contributed by atoms with Gasteiger partial charge in [-0.15, -0.1) is 21.5 Å². The average molecular weight is 433 g/mol. The minimum Gasteiger partial charge on any atom is -0.493 e. The number of hydrogen-bond acceptors (Lipinski definition) is 8. The highest BCUT2D eigenvalue weighted by atomic mass is 32.1. The summed E-state index contributed by atoms with van der Waals surface area (Å²) in [5.74, 6) is 1.75. The summed E-state index contributed by atoms with van der Waals surface area (Å²) < 4.78 is 10.6. The van der Waals surface area contributed by atoms with E-state index in [1.54, 1.807) is 14.2 Å². The number of nitrogens with zero attached hydrogens (tertiary/aromatic N) is 3. The summed E-state index contributed by atoms with van der Waals surface area (Å²) in [5.41, 5.74) is 1.81. The molecule has 1 amide bonds. The Bertz CT molecular complexity index is 968. The van der Waals surface area contributed by atoms with Crippen LogP contribution in [0.4, 0.5) is 5.13 Å². The van der Waals surface area contributed by atoms with Crippen LogP contribution in [0.15, 0.2) is 23.6 Å². The Morgan fingerprint density at radius 3 is 2.66 bits per heavy atom. The molecule has 7 nitrogen and oxygen atoms in total. The molecule has 0 aliphatic carbocycles. The first-order valence-corrected chi connectivity index (χ1v) is 10.9. The van der Waals surface area contributed by atoms with E-state index in [1.165, 1.54) is 22.7 Å². The number of nitrogens with one attached hydrogen (secondary N) is 1. The molecule has 0 spiro atoms. The van der Waals surface area contributed by atoms with Crippen LogP contribution in [-0.4, -0.2) is 35.3 Å². The number of thiazole rings is 1. The van der Waals surface area contributed by atoms with Gasteiger partial charge in [0.15, 0.2) is 11.5 Å². The fourth-order valence-corrected chi connectivity index (χ4v) is 4.54. The highest BCUT2D eigenvalue weighted by Crippen LogP contribution is 2.29. The van der Waals surface area contributed by atoms with Gasteiger partial charge in [0.2, 0.25) is 11.0 Å². The Labute approximate surface area is 178 Å². The van der Waals surface area contributed by atoms with E-state index in [0.717, 1.165) is 27.7 Å². The fourth-order valence-electron chi connectivity index (χ4n) is 2.74. The third kappa shape index (κ3) is 5.98. The number of aromatic nitrogens is 3. The van der Waals surface area contributed by atoms with Crippen LogP contribution >= 0.6 is 22.7 Å². The van der Waals surface area contributed by atoms with Gasteiger partial charge in [0.25, 0.3) is 0 Å². The lowest BCUT2D eigenvalue weighted by atomic mass is 10.1. The van der Waals surface area contributed by atoms with E-state index < -0.39 is 0 Å². The number of carbonyl (C=O) groups excluding carboxylic acids is 1. The topological polar surface area (TPSA) is 86.2 Å². The van der Waals surface area contributed by atoms with Gasteiger partial charge in [-0.25, -0.2) is 4.98 Å². The smallest absolute Gasteiger partial charge is 0.232 e. The van der Waals surface area contributed by atoms with E-state index in [0.29, 0.717) is 29.0 Å². The molecule has 0 radical (unpaired) electrons. The molecule has 0 saturated heterocycles. The second-order valence-corrected chi connectivity index (χ2v) is 8.93. The van der Waals surface area contributed by atoms with Crippen molar-refractivity contribution in [1.82, 2.24) is 15.2 Å². The van der Waals surface area contributed by atoms with Gasteiger partial charge in [0.05, 0.1) is 31.3 Å². The second-order valence-electron chi connectivity index (χ2n) is 6.92. The van der Waals surface area contributed by atoms with Gasteiger partial charge < -0.3 is 14.8 Å². The van der Waals surface area contributed by atoms with Crippen LogP contribution < -0.4 is 14.8 Å². The van der Waals surface area contributed by atoms with E-state index in [2.05, 4.69) is 34.3 Å². The van der Waals surface area contributed by atoms with Gasteiger partial charge in [0.1, 0.15) is 5.01 Å². The normalized spacial score (nSPS) is 10.9. The Morgan fingerprint density at radius 2 is 1.93 bits per heavy atom. The molecule has 3 rings (SSSR count). The van der Waals surface area contributed by atoms with Crippen molar-refractivity contribution in [3.05, 3.63) is 44.9 Å². The predicted molar refractivity (Wildman–Crippen MR) is 115 cm³/mol. The third-order valence-electron chi connectivity index (χ3n) is 4.04. The molecular weight excluding hydrogens is 408 g/mol. The number of carbonyl (C=O) groups is 1. The van der Waals surface area contributed by atoms with E-state index in [1.807, 2.05) is 23.6 Å². The lowest BCUT2D eigenvalue weighted by molar-refractivity contribution is -0.115. The molecule has 0 aliphatic rings. The highest BCUT2D eigenvalue weighted by Gasteiger charge is 2.13. The molecule has 3 aromatic rings. The summed E-state index contributed by atoms with van der Waals surface area (Å²) in [6.45, 7) is 4.25. The Morgan fingerprint density at radius 1 is 1.14 bits per heavy atom. The quantitative estimate of drug-likeness (QED) is 0.550. The van der Waals surface area contributed by atoms with E-state index in [4.69, 9.17) is 9.47 Å². The maximum absolute atomic E-state index is 12.3. The van der Waals surface area contributed by atoms with E-state index >= 15 is 0 Å². The van der Waals surface area contributed by atoms with Crippen molar-refractivity contribution in [1.29, 1.82) is 0 Å². The zero-order valence-electron chi connectivity index (χ0n) is 16.9. The predicted octanol–water partition coefficient (Wildman–Crippen LogP) is 3.98. The first kappa shape index (κ1) is 21.2. The number of methoxy groups -OCH3 is 2. The summed E-state index contributed by atoms with van der Waals surface area (Å²) in [4.78, 5) is 16.9. The van der Waals surface area contributed by atoms with Crippen molar-refractivity contribution >= 4 is 33.7 Å². The number of benzene rings is 1. The summed E-state index contributed by atoms with van der Waals surface area (Å²) in [7, 11) is 3.23. The number of amides is 1. The molecule has 2 heterocycles. The number of ether oxygens (including phenoxy) is 2. The van der Waals surface area contributed by atoms with Crippen LogP contribution in [0.3, 0.4) is 0 Å². The van der Waals surface area contributed by atoms with E-state index in [-0.39, 0.29) is 12.3 Å². The summed E-state index contributed by atoms with van der Waals surface area (Å²) in [6.07, 6.45) is 1.74. The van der Waals surface area contributed by atoms with Crippen LogP contribution in [0.1, 0.15) is 35.1 Å². The molecule has 1 N–H and O–H groups in total. The lowest BCUT2D eigenvalue weighted by Gasteiger charge is -2.08. The monoisotopic (exact) mass is 432 g/mol. The largest absolute Gasteiger partial charge is 0.493 e. The SMILES string of the molecule is COc1ccc(Cc2nc(CC(=O)Nc3nnc(CC(C)C)s3)cs2)cc1OC. The molecule has 0 bridgehead atoms. The van der Waals surface area contributed by atoms with Gasteiger partial charge in [-0.1, -0.05) is 31.3 Å². The molecule has 2 aromatic heterocycles. The highest BCUT2D eigenvalue weighted by molar-refractivity contribution is 7.15. The average Bonchev–Trinajstić information content (AvgIpc) is 3.30. The zero-order valence-corrected chi connectivity index (χ0v) is 18.5. The molecule has 154 valence electrons. The van der Waals surface area contributed by atoms with Crippen molar-refractivity contribution in [3.63, 3.8) is 0 Å². The number of anilines is 1. The van der Waals surface area contributed by atoms with Crippen LogP contribution in [0.25, 0.3) is 0 Å². The third-order valence-corrected chi connectivity index (χ3v) is 5.80. The molecule has 0 unspecified atom stereocenters. The van der Waals surface area contributed by atoms with Crippen molar-refractivity contribution in [2.45, 2.75) is 33.1 Å². The molecule has 0 aliphatic heterocycles. The van der Waals surface area contributed by atoms with Crippen LogP contribution in [0.5, 0.6) is 11.5 Å². The molecular formula is C20H24N4O3S2. The van der Waals surface area contributed by atoms with Crippen LogP contribution in [-0.2, 0) is 24.1 Å². The van der Waals surface area contributed by atoms with Crippen molar-refractivity contribution in [3.8, 4) is 11.5 Å². The molecule has 1 aromatic carbocycles. The number of hydrogen-bond donors (Lipinski definition) is 1. The molecule has 0 fully saturated rings. The van der Waals surface area contributed by atoms with Crippen molar-refractivity contribution < 1.29 is 14.3 Å². The maximum Gasteiger partial charge on any atom is 0.232 e. The Kier molecular flexibility index (Phi) is 7.16.